The Morgan fingerprint density at radius 1 is 1.15 bits per heavy atom. The molecular formula is C21H26ClN3O2. The number of nitrogens with zero attached hydrogens (tertiary/aromatic N) is 3. The van der Waals surface area contributed by atoms with Crippen molar-refractivity contribution in [3.63, 3.8) is 0 Å². The monoisotopic (exact) mass is 387 g/mol. The van der Waals surface area contributed by atoms with E-state index in [4.69, 9.17) is 16.0 Å². The summed E-state index contributed by atoms with van der Waals surface area (Å²) in [7, 11) is 0. The summed E-state index contributed by atoms with van der Waals surface area (Å²) in [5, 5.41) is 0.731. The molecule has 2 aromatic rings. The molecule has 0 saturated carbocycles. The van der Waals surface area contributed by atoms with Gasteiger partial charge in [-0.2, -0.15) is 0 Å². The second kappa shape index (κ2) is 8.44. The lowest BCUT2D eigenvalue weighted by molar-refractivity contribution is -0.134. The first-order valence-electron chi connectivity index (χ1n) is 9.90. The topological polar surface area (TPSA) is 49.6 Å². The van der Waals surface area contributed by atoms with Crippen molar-refractivity contribution in [1.82, 2.24) is 14.8 Å². The van der Waals surface area contributed by atoms with Crippen molar-refractivity contribution in [1.29, 1.82) is 0 Å². The Labute approximate surface area is 165 Å². The lowest BCUT2D eigenvalue weighted by Crippen LogP contribution is -2.42. The molecular weight excluding hydrogens is 362 g/mol. The van der Waals surface area contributed by atoms with Crippen molar-refractivity contribution >= 4 is 17.5 Å². The second-order valence-corrected chi connectivity index (χ2v) is 7.92. The molecule has 0 spiro atoms. The third-order valence-electron chi connectivity index (χ3n) is 5.56. The minimum absolute atomic E-state index is 0.0396. The fourth-order valence-corrected chi connectivity index (χ4v) is 4.31. The van der Waals surface area contributed by atoms with E-state index in [2.05, 4.69) is 9.88 Å². The van der Waals surface area contributed by atoms with Crippen LogP contribution in [0.4, 0.5) is 0 Å². The van der Waals surface area contributed by atoms with Gasteiger partial charge in [0.25, 0.3) is 0 Å². The number of benzene rings is 1. The Morgan fingerprint density at radius 2 is 1.96 bits per heavy atom. The predicted molar refractivity (Wildman–Crippen MR) is 105 cm³/mol. The molecule has 5 nitrogen and oxygen atoms in total. The summed E-state index contributed by atoms with van der Waals surface area (Å²) in [6.07, 6.45) is 7.97. The van der Waals surface area contributed by atoms with Crippen LogP contribution in [0.1, 0.15) is 55.4 Å². The number of piperidine rings is 1. The number of likely N-dealkylation sites (tertiary alicyclic amines) is 2. The molecule has 0 bridgehead atoms. The van der Waals surface area contributed by atoms with Gasteiger partial charge in [0.2, 0.25) is 11.8 Å². The van der Waals surface area contributed by atoms with Crippen molar-refractivity contribution in [2.24, 2.45) is 0 Å². The molecule has 3 heterocycles. The maximum Gasteiger partial charge on any atom is 0.237 e. The van der Waals surface area contributed by atoms with Gasteiger partial charge in [-0.15, -0.1) is 0 Å². The number of carbonyl (C=O) groups excluding carboxylic acids is 1. The van der Waals surface area contributed by atoms with Gasteiger partial charge in [0.1, 0.15) is 11.8 Å². The zero-order valence-electron chi connectivity index (χ0n) is 15.6. The van der Waals surface area contributed by atoms with E-state index >= 15 is 0 Å². The van der Waals surface area contributed by atoms with Crippen LogP contribution in [0.5, 0.6) is 0 Å². The molecule has 1 atom stereocenters. The number of hydrogen-bond acceptors (Lipinski definition) is 4. The fraction of sp³-hybridized carbons (Fsp3) is 0.524. The van der Waals surface area contributed by atoms with E-state index < -0.39 is 0 Å². The summed E-state index contributed by atoms with van der Waals surface area (Å²) in [6, 6.07) is 7.72. The van der Waals surface area contributed by atoms with Crippen LogP contribution in [0.2, 0.25) is 5.02 Å². The SMILES string of the molecule is O=C(CN1CCCCC1)N1CCCC1c1ncc(Cc2ccccc2Cl)o1. The van der Waals surface area contributed by atoms with Crippen molar-refractivity contribution in [2.45, 2.75) is 44.6 Å². The predicted octanol–water partition coefficient (Wildman–Crippen LogP) is 4.07. The molecule has 1 unspecified atom stereocenters. The number of oxazole rings is 1. The van der Waals surface area contributed by atoms with Gasteiger partial charge in [0.05, 0.1) is 12.7 Å². The molecule has 27 heavy (non-hydrogen) atoms. The van der Waals surface area contributed by atoms with Crippen LogP contribution in [0.3, 0.4) is 0 Å². The highest BCUT2D eigenvalue weighted by Gasteiger charge is 2.34. The average Bonchev–Trinajstić information content (AvgIpc) is 3.33. The van der Waals surface area contributed by atoms with Crippen LogP contribution in [0.15, 0.2) is 34.9 Å². The van der Waals surface area contributed by atoms with Crippen LogP contribution in [-0.4, -0.2) is 46.9 Å². The second-order valence-electron chi connectivity index (χ2n) is 7.51. The molecule has 144 valence electrons. The van der Waals surface area contributed by atoms with Crippen LogP contribution < -0.4 is 0 Å². The first-order chi connectivity index (χ1) is 13.2. The lowest BCUT2D eigenvalue weighted by atomic mass is 10.1. The van der Waals surface area contributed by atoms with Crippen molar-refractivity contribution in [2.75, 3.05) is 26.2 Å². The molecule has 2 aliphatic rings. The van der Waals surface area contributed by atoms with Gasteiger partial charge in [0, 0.05) is 18.0 Å². The Balaban J connectivity index is 1.42. The molecule has 4 rings (SSSR count). The van der Waals surface area contributed by atoms with Gasteiger partial charge >= 0.3 is 0 Å². The molecule has 1 aromatic carbocycles. The molecule has 0 N–H and O–H groups in total. The third-order valence-corrected chi connectivity index (χ3v) is 5.93. The van der Waals surface area contributed by atoms with E-state index in [1.54, 1.807) is 6.20 Å². The highest BCUT2D eigenvalue weighted by atomic mass is 35.5. The minimum Gasteiger partial charge on any atom is -0.443 e. The van der Waals surface area contributed by atoms with Crippen LogP contribution >= 0.6 is 11.6 Å². The van der Waals surface area contributed by atoms with Crippen molar-refractivity contribution in [3.8, 4) is 0 Å². The summed E-state index contributed by atoms with van der Waals surface area (Å²) >= 11 is 6.25. The molecule has 0 aliphatic carbocycles. The average molecular weight is 388 g/mol. The standard InChI is InChI=1S/C21H26ClN3O2/c22-18-8-3-2-7-16(18)13-17-14-23-21(27-17)19-9-6-12-25(19)20(26)15-24-10-4-1-5-11-24/h2-3,7-8,14,19H,1,4-6,9-13,15H2. The Bertz CT molecular complexity index is 785. The minimum atomic E-state index is -0.0396. The van der Waals surface area contributed by atoms with Gasteiger partial charge in [0.15, 0.2) is 0 Å². The zero-order chi connectivity index (χ0) is 18.6. The molecule has 0 radical (unpaired) electrons. The van der Waals surface area contributed by atoms with Gasteiger partial charge < -0.3 is 9.32 Å². The summed E-state index contributed by atoms with van der Waals surface area (Å²) in [5.41, 5.74) is 1.02. The van der Waals surface area contributed by atoms with E-state index in [0.717, 1.165) is 48.8 Å². The largest absolute Gasteiger partial charge is 0.443 e. The molecule has 1 amide bonds. The number of carbonyl (C=O) groups is 1. The normalized spacial score (nSPS) is 20.9. The van der Waals surface area contributed by atoms with E-state index in [-0.39, 0.29) is 11.9 Å². The molecule has 2 saturated heterocycles. The number of halogens is 1. The number of rotatable bonds is 5. The summed E-state index contributed by atoms with van der Waals surface area (Å²) < 4.78 is 6.02. The Kier molecular flexibility index (Phi) is 5.79. The van der Waals surface area contributed by atoms with Gasteiger partial charge in [-0.1, -0.05) is 36.2 Å². The highest BCUT2D eigenvalue weighted by Crippen LogP contribution is 2.32. The number of aromatic nitrogens is 1. The number of amides is 1. The van der Waals surface area contributed by atoms with Crippen molar-refractivity contribution in [3.05, 3.63) is 52.7 Å². The molecule has 6 heteroatoms. The van der Waals surface area contributed by atoms with Crippen LogP contribution in [0, 0.1) is 0 Å². The van der Waals surface area contributed by atoms with Crippen molar-refractivity contribution < 1.29 is 9.21 Å². The maximum absolute atomic E-state index is 12.8. The summed E-state index contributed by atoms with van der Waals surface area (Å²) in [5.74, 6) is 1.64. The van der Waals surface area contributed by atoms with Gasteiger partial charge in [-0.3, -0.25) is 9.69 Å². The first-order valence-corrected chi connectivity index (χ1v) is 10.3. The van der Waals surface area contributed by atoms with E-state index in [1.165, 1.54) is 19.3 Å². The fourth-order valence-electron chi connectivity index (χ4n) is 4.11. The van der Waals surface area contributed by atoms with E-state index in [1.807, 2.05) is 29.2 Å². The quantitative estimate of drug-likeness (QED) is 0.776. The van der Waals surface area contributed by atoms with Gasteiger partial charge in [-0.05, 0) is 50.4 Å². The molecule has 1 aromatic heterocycles. The van der Waals surface area contributed by atoms with Gasteiger partial charge in [-0.25, -0.2) is 4.98 Å². The Morgan fingerprint density at radius 3 is 2.78 bits per heavy atom. The highest BCUT2D eigenvalue weighted by molar-refractivity contribution is 6.31. The molecule has 2 aliphatic heterocycles. The van der Waals surface area contributed by atoms with E-state index in [9.17, 15) is 4.79 Å². The first kappa shape index (κ1) is 18.5. The van der Waals surface area contributed by atoms with E-state index in [0.29, 0.717) is 18.9 Å². The molecule has 2 fully saturated rings. The smallest absolute Gasteiger partial charge is 0.237 e. The third kappa shape index (κ3) is 4.36. The maximum atomic E-state index is 12.8. The lowest BCUT2D eigenvalue weighted by Gasteiger charge is -2.29. The Hall–Kier alpha value is -1.85. The zero-order valence-corrected chi connectivity index (χ0v) is 16.3. The number of hydrogen-bond donors (Lipinski definition) is 0. The van der Waals surface area contributed by atoms with Crippen LogP contribution in [-0.2, 0) is 11.2 Å². The summed E-state index contributed by atoms with van der Waals surface area (Å²) in [6.45, 7) is 3.37. The summed E-state index contributed by atoms with van der Waals surface area (Å²) in [4.78, 5) is 21.6. The van der Waals surface area contributed by atoms with Crippen LogP contribution in [0.25, 0.3) is 0 Å².